The lowest BCUT2D eigenvalue weighted by Gasteiger charge is -1.96. The summed E-state index contributed by atoms with van der Waals surface area (Å²) in [5, 5.41) is 0. The van der Waals surface area contributed by atoms with E-state index in [1.165, 1.54) is 16.7 Å². The molecule has 0 heteroatoms. The van der Waals surface area contributed by atoms with Crippen LogP contribution in [0.25, 0.3) is 6.08 Å². The second-order valence-corrected chi connectivity index (χ2v) is 4.27. The highest BCUT2D eigenvalue weighted by Crippen LogP contribution is 2.08. The summed E-state index contributed by atoms with van der Waals surface area (Å²) in [6.45, 7) is 4.18. The molecule has 0 N–H and O–H groups in total. The highest BCUT2D eigenvalue weighted by Gasteiger charge is 1.90. The molecule has 0 aliphatic heterocycles. The SMILES string of the molecule is Cc1ccccc1C#C/C=C/c1ccccc1C. The predicted molar refractivity (Wildman–Crippen MR) is 78.3 cm³/mol. The molecule has 0 bridgehead atoms. The number of hydrogen-bond donors (Lipinski definition) is 0. The highest BCUT2D eigenvalue weighted by molar-refractivity contribution is 5.57. The number of aryl methyl sites for hydroxylation is 2. The summed E-state index contributed by atoms with van der Waals surface area (Å²) in [5.74, 6) is 6.25. The van der Waals surface area contributed by atoms with Gasteiger partial charge < -0.3 is 0 Å². The van der Waals surface area contributed by atoms with Crippen LogP contribution in [0.2, 0.25) is 0 Å². The van der Waals surface area contributed by atoms with E-state index in [4.69, 9.17) is 0 Å². The Kier molecular flexibility index (Phi) is 3.99. The van der Waals surface area contributed by atoms with Crippen LogP contribution in [0.3, 0.4) is 0 Å². The summed E-state index contributed by atoms with van der Waals surface area (Å²) in [5.41, 5.74) is 4.80. The molecule has 0 radical (unpaired) electrons. The van der Waals surface area contributed by atoms with Gasteiger partial charge in [0.25, 0.3) is 0 Å². The maximum Gasteiger partial charge on any atom is 0.0278 e. The summed E-state index contributed by atoms with van der Waals surface area (Å²) >= 11 is 0. The van der Waals surface area contributed by atoms with E-state index in [2.05, 4.69) is 50.0 Å². The molecule has 2 rings (SSSR count). The third-order valence-corrected chi connectivity index (χ3v) is 2.89. The summed E-state index contributed by atoms with van der Waals surface area (Å²) in [6.07, 6.45) is 3.97. The summed E-state index contributed by atoms with van der Waals surface area (Å²) < 4.78 is 0. The summed E-state index contributed by atoms with van der Waals surface area (Å²) in [6, 6.07) is 16.5. The van der Waals surface area contributed by atoms with Gasteiger partial charge in [-0.1, -0.05) is 54.3 Å². The van der Waals surface area contributed by atoms with Crippen LogP contribution < -0.4 is 0 Å². The van der Waals surface area contributed by atoms with Gasteiger partial charge in [-0.25, -0.2) is 0 Å². The first-order valence-corrected chi connectivity index (χ1v) is 6.07. The van der Waals surface area contributed by atoms with Crippen molar-refractivity contribution in [2.45, 2.75) is 13.8 Å². The molecule has 0 atom stereocenters. The van der Waals surface area contributed by atoms with E-state index in [1.807, 2.05) is 36.4 Å². The molecule has 0 saturated heterocycles. The molecule has 0 saturated carbocycles. The molecule has 0 aliphatic rings. The van der Waals surface area contributed by atoms with Crippen LogP contribution in [0, 0.1) is 25.7 Å². The minimum atomic E-state index is 1.09. The van der Waals surface area contributed by atoms with Gasteiger partial charge in [-0.05, 0) is 48.8 Å². The fraction of sp³-hybridized carbons (Fsp3) is 0.111. The number of hydrogen-bond acceptors (Lipinski definition) is 0. The van der Waals surface area contributed by atoms with E-state index in [9.17, 15) is 0 Å². The average molecular weight is 232 g/mol. The Hall–Kier alpha value is -2.26. The van der Waals surface area contributed by atoms with Gasteiger partial charge in [0.2, 0.25) is 0 Å². The van der Waals surface area contributed by atoms with Crippen molar-refractivity contribution in [1.82, 2.24) is 0 Å². The molecule has 2 aromatic carbocycles. The van der Waals surface area contributed by atoms with Crippen LogP contribution in [0.4, 0.5) is 0 Å². The van der Waals surface area contributed by atoms with Crippen LogP contribution in [0.5, 0.6) is 0 Å². The Bertz CT molecular complexity index is 622. The third kappa shape index (κ3) is 3.12. The molecule has 18 heavy (non-hydrogen) atoms. The molecule has 0 amide bonds. The van der Waals surface area contributed by atoms with Crippen LogP contribution in [0.15, 0.2) is 54.6 Å². The third-order valence-electron chi connectivity index (χ3n) is 2.89. The van der Waals surface area contributed by atoms with Gasteiger partial charge in [0.05, 0.1) is 0 Å². The minimum absolute atomic E-state index is 1.09. The Morgan fingerprint density at radius 2 is 1.50 bits per heavy atom. The highest BCUT2D eigenvalue weighted by atomic mass is 13.9. The molecule has 0 aromatic heterocycles. The van der Waals surface area contributed by atoms with Crippen molar-refractivity contribution < 1.29 is 0 Å². The molecule has 2 aromatic rings. The lowest BCUT2D eigenvalue weighted by atomic mass is 10.1. The van der Waals surface area contributed by atoms with E-state index in [-0.39, 0.29) is 0 Å². The Morgan fingerprint density at radius 1 is 0.833 bits per heavy atom. The molecular formula is C18H16. The lowest BCUT2D eigenvalue weighted by molar-refractivity contribution is 1.44. The van der Waals surface area contributed by atoms with E-state index in [0.717, 1.165) is 5.56 Å². The quantitative estimate of drug-likeness (QED) is 0.640. The fourth-order valence-corrected chi connectivity index (χ4v) is 1.74. The Balaban J connectivity index is 2.14. The van der Waals surface area contributed by atoms with Gasteiger partial charge in [-0.2, -0.15) is 0 Å². The van der Waals surface area contributed by atoms with Gasteiger partial charge in [-0.15, -0.1) is 0 Å². The number of rotatable bonds is 1. The van der Waals surface area contributed by atoms with Crippen molar-refractivity contribution in [3.63, 3.8) is 0 Å². The second-order valence-electron chi connectivity index (χ2n) is 4.27. The second kappa shape index (κ2) is 5.89. The van der Waals surface area contributed by atoms with Gasteiger partial charge in [0.1, 0.15) is 0 Å². The van der Waals surface area contributed by atoms with Crippen molar-refractivity contribution in [3.8, 4) is 11.8 Å². The normalized spacial score (nSPS) is 10.1. The number of allylic oxidation sites excluding steroid dienone is 1. The molecule has 0 fully saturated rings. The average Bonchev–Trinajstić information content (AvgIpc) is 2.38. The summed E-state index contributed by atoms with van der Waals surface area (Å²) in [4.78, 5) is 0. The monoisotopic (exact) mass is 232 g/mol. The maximum atomic E-state index is 3.17. The van der Waals surface area contributed by atoms with Crippen LogP contribution >= 0.6 is 0 Å². The van der Waals surface area contributed by atoms with Crippen molar-refractivity contribution in [3.05, 3.63) is 76.9 Å². The van der Waals surface area contributed by atoms with Crippen molar-refractivity contribution in [2.75, 3.05) is 0 Å². The zero-order valence-corrected chi connectivity index (χ0v) is 10.8. The molecule has 0 heterocycles. The molecule has 0 nitrogen and oxygen atoms in total. The van der Waals surface area contributed by atoms with Gasteiger partial charge >= 0.3 is 0 Å². The first-order chi connectivity index (χ1) is 8.77. The van der Waals surface area contributed by atoms with E-state index in [1.54, 1.807) is 0 Å². The molecule has 0 aliphatic carbocycles. The number of benzene rings is 2. The molecule has 0 spiro atoms. The van der Waals surface area contributed by atoms with Crippen molar-refractivity contribution in [1.29, 1.82) is 0 Å². The van der Waals surface area contributed by atoms with E-state index in [0.29, 0.717) is 0 Å². The maximum absolute atomic E-state index is 3.17. The van der Waals surface area contributed by atoms with E-state index >= 15 is 0 Å². The predicted octanol–water partition coefficient (Wildman–Crippen LogP) is 4.37. The minimum Gasteiger partial charge on any atom is -0.0696 e. The molecule has 0 unspecified atom stereocenters. The standard InChI is InChI=1S/C18H16/c1-15-9-3-5-11-17(15)13-7-8-14-18-12-6-4-10-16(18)2/h3-7,9-13H,1-2H3/b13-7+. The molecule has 88 valence electrons. The van der Waals surface area contributed by atoms with Gasteiger partial charge in [-0.3, -0.25) is 0 Å². The Morgan fingerprint density at radius 3 is 2.22 bits per heavy atom. The van der Waals surface area contributed by atoms with E-state index < -0.39 is 0 Å². The summed E-state index contributed by atoms with van der Waals surface area (Å²) in [7, 11) is 0. The first-order valence-electron chi connectivity index (χ1n) is 6.07. The molecular weight excluding hydrogens is 216 g/mol. The van der Waals surface area contributed by atoms with Crippen LogP contribution in [0.1, 0.15) is 22.3 Å². The van der Waals surface area contributed by atoms with Crippen molar-refractivity contribution >= 4 is 6.08 Å². The van der Waals surface area contributed by atoms with Crippen molar-refractivity contribution in [2.24, 2.45) is 0 Å². The zero-order chi connectivity index (χ0) is 12.8. The topological polar surface area (TPSA) is 0 Å². The van der Waals surface area contributed by atoms with Gasteiger partial charge in [0.15, 0.2) is 0 Å². The van der Waals surface area contributed by atoms with Gasteiger partial charge in [0, 0.05) is 5.56 Å². The largest absolute Gasteiger partial charge is 0.0696 e. The fourth-order valence-electron chi connectivity index (χ4n) is 1.74. The first kappa shape index (κ1) is 12.2. The van der Waals surface area contributed by atoms with Crippen LogP contribution in [-0.4, -0.2) is 0 Å². The van der Waals surface area contributed by atoms with Crippen LogP contribution in [-0.2, 0) is 0 Å². The smallest absolute Gasteiger partial charge is 0.0278 e. The zero-order valence-electron chi connectivity index (χ0n) is 10.8. The Labute approximate surface area is 109 Å². The lowest BCUT2D eigenvalue weighted by Crippen LogP contribution is -1.79.